The number of benzene rings is 1. The van der Waals surface area contributed by atoms with Gasteiger partial charge in [-0.25, -0.2) is 0 Å². The Bertz CT molecular complexity index is 566. The summed E-state index contributed by atoms with van der Waals surface area (Å²) in [7, 11) is 0. The maximum Gasteiger partial charge on any atom is 0.306 e. The first-order valence-electron chi connectivity index (χ1n) is 7.33. The molecule has 4 nitrogen and oxygen atoms in total. The summed E-state index contributed by atoms with van der Waals surface area (Å²) < 4.78 is 1.04. The quantitative estimate of drug-likeness (QED) is 0.910. The predicted molar refractivity (Wildman–Crippen MR) is 81.9 cm³/mol. The average molecular weight is 352 g/mol. The number of rotatable bonds is 3. The minimum atomic E-state index is -0.736. The number of carbonyl (C=O) groups excluding carboxylic acids is 1. The first-order chi connectivity index (χ1) is 10.1. The zero-order valence-electron chi connectivity index (χ0n) is 11.7. The molecule has 1 N–H and O–H groups in total. The molecule has 0 spiro atoms. The van der Waals surface area contributed by atoms with Gasteiger partial charge in [-0.1, -0.05) is 28.1 Å². The number of carboxylic acids is 1. The summed E-state index contributed by atoms with van der Waals surface area (Å²) in [4.78, 5) is 25.3. The van der Waals surface area contributed by atoms with Crippen LogP contribution in [0.1, 0.15) is 30.7 Å². The van der Waals surface area contributed by atoms with Gasteiger partial charge in [-0.3, -0.25) is 9.59 Å². The molecule has 1 aromatic carbocycles. The lowest BCUT2D eigenvalue weighted by Crippen LogP contribution is -2.41. The first-order valence-corrected chi connectivity index (χ1v) is 8.12. The largest absolute Gasteiger partial charge is 0.481 e. The highest BCUT2D eigenvalue weighted by molar-refractivity contribution is 9.10. The van der Waals surface area contributed by atoms with Crippen molar-refractivity contribution in [3.8, 4) is 0 Å². The van der Waals surface area contributed by atoms with Gasteiger partial charge in [0.15, 0.2) is 0 Å². The van der Waals surface area contributed by atoms with Crippen molar-refractivity contribution >= 4 is 27.8 Å². The second kappa shape index (κ2) is 5.79. The zero-order valence-corrected chi connectivity index (χ0v) is 13.3. The standard InChI is InChI=1S/C16H18BrNO3/c17-12-3-1-2-11(8-12)13-9-14(13)15(19)18-6-4-10(5-7-18)16(20)21/h1-3,8,10,13-14H,4-7,9H2,(H,20,21)/t13-,14+/m1/s1. The van der Waals surface area contributed by atoms with Gasteiger partial charge in [0.05, 0.1) is 5.92 Å². The number of amides is 1. The van der Waals surface area contributed by atoms with E-state index in [4.69, 9.17) is 5.11 Å². The summed E-state index contributed by atoms with van der Waals surface area (Å²) in [5, 5.41) is 8.99. The Morgan fingerprint density at radius 2 is 1.95 bits per heavy atom. The van der Waals surface area contributed by atoms with Gasteiger partial charge >= 0.3 is 5.97 Å². The molecule has 1 aliphatic heterocycles. The fraction of sp³-hybridized carbons (Fsp3) is 0.500. The molecular formula is C16H18BrNO3. The smallest absolute Gasteiger partial charge is 0.306 e. The number of nitrogens with zero attached hydrogens (tertiary/aromatic N) is 1. The van der Waals surface area contributed by atoms with Crippen LogP contribution in [0.25, 0.3) is 0 Å². The third-order valence-electron chi connectivity index (χ3n) is 4.54. The van der Waals surface area contributed by atoms with E-state index in [2.05, 4.69) is 28.1 Å². The van der Waals surface area contributed by atoms with E-state index in [1.165, 1.54) is 5.56 Å². The summed E-state index contributed by atoms with van der Waals surface area (Å²) in [6.45, 7) is 1.16. The molecule has 2 fully saturated rings. The molecule has 2 atom stereocenters. The number of hydrogen-bond acceptors (Lipinski definition) is 2. The van der Waals surface area contributed by atoms with Gasteiger partial charge in [-0.05, 0) is 42.9 Å². The Hall–Kier alpha value is -1.36. The minimum Gasteiger partial charge on any atom is -0.481 e. The Morgan fingerprint density at radius 1 is 1.24 bits per heavy atom. The van der Waals surface area contributed by atoms with Crippen molar-refractivity contribution in [2.45, 2.75) is 25.2 Å². The summed E-state index contributed by atoms with van der Waals surface area (Å²) in [5.41, 5.74) is 1.21. The zero-order chi connectivity index (χ0) is 15.0. The van der Waals surface area contributed by atoms with Crippen LogP contribution in [0.3, 0.4) is 0 Å². The van der Waals surface area contributed by atoms with E-state index >= 15 is 0 Å². The number of carboxylic acid groups (broad SMARTS) is 1. The normalized spacial score (nSPS) is 25.7. The Balaban J connectivity index is 1.57. The van der Waals surface area contributed by atoms with E-state index in [0.717, 1.165) is 10.9 Å². The lowest BCUT2D eigenvalue weighted by molar-refractivity contribution is -0.146. The molecule has 1 saturated carbocycles. The SMILES string of the molecule is O=C(O)C1CCN(C(=O)[C@H]2C[C@@H]2c2cccc(Br)c2)CC1. The van der Waals surface area contributed by atoms with Crippen LogP contribution < -0.4 is 0 Å². The van der Waals surface area contributed by atoms with E-state index in [1.807, 2.05) is 17.0 Å². The molecule has 112 valence electrons. The van der Waals surface area contributed by atoms with Crippen molar-refractivity contribution in [2.75, 3.05) is 13.1 Å². The summed E-state index contributed by atoms with van der Waals surface area (Å²) >= 11 is 3.46. The molecule has 0 radical (unpaired) electrons. The molecule has 0 bridgehead atoms. The summed E-state index contributed by atoms with van der Waals surface area (Å²) in [5.74, 6) is -0.411. The Labute approximate surface area is 132 Å². The van der Waals surface area contributed by atoms with Crippen molar-refractivity contribution in [1.29, 1.82) is 0 Å². The van der Waals surface area contributed by atoms with E-state index < -0.39 is 5.97 Å². The van der Waals surface area contributed by atoms with Crippen LogP contribution in [0.2, 0.25) is 0 Å². The van der Waals surface area contributed by atoms with Crippen LogP contribution in [0.4, 0.5) is 0 Å². The van der Waals surface area contributed by atoms with Crippen molar-refractivity contribution in [1.82, 2.24) is 4.90 Å². The van der Waals surface area contributed by atoms with Crippen molar-refractivity contribution in [2.24, 2.45) is 11.8 Å². The molecular weight excluding hydrogens is 334 g/mol. The molecule has 1 saturated heterocycles. The van der Waals surface area contributed by atoms with Gasteiger partial charge in [-0.15, -0.1) is 0 Å². The Kier molecular flexibility index (Phi) is 4.02. The van der Waals surface area contributed by atoms with Gasteiger partial charge in [0.1, 0.15) is 0 Å². The molecule has 21 heavy (non-hydrogen) atoms. The van der Waals surface area contributed by atoms with E-state index in [9.17, 15) is 9.59 Å². The molecule has 1 amide bonds. The van der Waals surface area contributed by atoms with Crippen molar-refractivity contribution < 1.29 is 14.7 Å². The second-order valence-corrected chi connectivity index (χ2v) is 6.86. The van der Waals surface area contributed by atoms with E-state index in [0.29, 0.717) is 31.8 Å². The fourth-order valence-corrected chi connectivity index (χ4v) is 3.57. The maximum atomic E-state index is 12.5. The molecule has 1 aliphatic carbocycles. The van der Waals surface area contributed by atoms with Crippen LogP contribution in [0.5, 0.6) is 0 Å². The topological polar surface area (TPSA) is 57.6 Å². The monoisotopic (exact) mass is 351 g/mol. The van der Waals surface area contributed by atoms with Crippen LogP contribution in [-0.2, 0) is 9.59 Å². The minimum absolute atomic E-state index is 0.0840. The number of piperidine rings is 1. The van der Waals surface area contributed by atoms with Crippen molar-refractivity contribution in [3.63, 3.8) is 0 Å². The predicted octanol–water partition coefficient (Wildman–Crippen LogP) is 2.88. The number of aliphatic carboxylic acids is 1. The molecule has 3 rings (SSSR count). The van der Waals surface area contributed by atoms with Gasteiger partial charge in [0.25, 0.3) is 0 Å². The van der Waals surface area contributed by atoms with Gasteiger partial charge in [0, 0.05) is 23.5 Å². The van der Waals surface area contributed by atoms with E-state index in [1.54, 1.807) is 0 Å². The van der Waals surface area contributed by atoms with Crippen LogP contribution >= 0.6 is 15.9 Å². The maximum absolute atomic E-state index is 12.5. The number of halogens is 1. The highest BCUT2D eigenvalue weighted by Crippen LogP contribution is 2.49. The summed E-state index contributed by atoms with van der Waals surface area (Å²) in [6.07, 6.45) is 2.07. The third-order valence-corrected chi connectivity index (χ3v) is 5.03. The lowest BCUT2D eigenvalue weighted by Gasteiger charge is -2.30. The van der Waals surface area contributed by atoms with Crippen LogP contribution in [0, 0.1) is 11.8 Å². The summed E-state index contributed by atoms with van der Waals surface area (Å²) in [6, 6.07) is 8.13. The molecule has 0 unspecified atom stereocenters. The molecule has 1 heterocycles. The van der Waals surface area contributed by atoms with E-state index in [-0.39, 0.29) is 17.7 Å². The third kappa shape index (κ3) is 3.12. The van der Waals surface area contributed by atoms with Crippen LogP contribution in [0.15, 0.2) is 28.7 Å². The average Bonchev–Trinajstić information content (AvgIpc) is 3.27. The second-order valence-electron chi connectivity index (χ2n) is 5.94. The molecule has 0 aromatic heterocycles. The highest BCUT2D eigenvalue weighted by atomic mass is 79.9. The van der Waals surface area contributed by atoms with Crippen molar-refractivity contribution in [3.05, 3.63) is 34.3 Å². The molecule has 5 heteroatoms. The Morgan fingerprint density at radius 3 is 2.57 bits per heavy atom. The number of carbonyl (C=O) groups is 2. The fourth-order valence-electron chi connectivity index (χ4n) is 3.15. The lowest BCUT2D eigenvalue weighted by atomic mass is 9.96. The molecule has 1 aromatic rings. The van der Waals surface area contributed by atoms with Gasteiger partial charge in [-0.2, -0.15) is 0 Å². The first kappa shape index (κ1) is 14.6. The van der Waals surface area contributed by atoms with Gasteiger partial charge in [0.2, 0.25) is 5.91 Å². The highest BCUT2D eigenvalue weighted by Gasteiger charge is 2.46. The number of hydrogen-bond donors (Lipinski definition) is 1. The number of likely N-dealkylation sites (tertiary alicyclic amines) is 1. The molecule has 2 aliphatic rings. The van der Waals surface area contributed by atoms with Crippen LogP contribution in [-0.4, -0.2) is 35.0 Å². The van der Waals surface area contributed by atoms with Gasteiger partial charge < -0.3 is 10.0 Å².